The first-order valence-electron chi connectivity index (χ1n) is 6.07. The number of amides is 2. The number of aryl methyl sites for hydroxylation is 1. The van der Waals surface area contributed by atoms with Crippen LogP contribution in [0.4, 0.5) is 0 Å². The van der Waals surface area contributed by atoms with Gasteiger partial charge in [-0.1, -0.05) is 5.21 Å². The van der Waals surface area contributed by atoms with Crippen LogP contribution in [0.1, 0.15) is 18.5 Å². The maximum absolute atomic E-state index is 11.9. The summed E-state index contributed by atoms with van der Waals surface area (Å²) in [4.78, 5) is 25.5. The van der Waals surface area contributed by atoms with Gasteiger partial charge in [-0.25, -0.2) is 0 Å². The molecule has 2 heterocycles. The first-order valence-corrected chi connectivity index (χ1v) is 6.07. The minimum absolute atomic E-state index is 0.0407. The molecular formula is C11H15N5O2. The molecule has 0 spiro atoms. The van der Waals surface area contributed by atoms with Crippen molar-refractivity contribution in [2.24, 2.45) is 13.0 Å². The van der Waals surface area contributed by atoms with Crippen LogP contribution < -0.4 is 5.32 Å². The number of rotatable bonds is 3. The molecule has 0 radical (unpaired) electrons. The lowest BCUT2D eigenvalue weighted by Gasteiger charge is -2.34. The van der Waals surface area contributed by atoms with Crippen molar-refractivity contribution in [3.8, 4) is 0 Å². The minimum atomic E-state index is -0.326. The SMILES string of the molecule is Cn1cc(CN2C(=O)CNC(=O)C2C2CC2)nn1. The fourth-order valence-corrected chi connectivity index (χ4v) is 2.37. The van der Waals surface area contributed by atoms with E-state index in [1.807, 2.05) is 0 Å². The number of hydrogen-bond acceptors (Lipinski definition) is 4. The van der Waals surface area contributed by atoms with Crippen LogP contribution >= 0.6 is 0 Å². The highest BCUT2D eigenvalue weighted by Gasteiger charge is 2.44. The lowest BCUT2D eigenvalue weighted by Crippen LogP contribution is -2.58. The molecular weight excluding hydrogens is 234 g/mol. The molecule has 1 aliphatic heterocycles. The molecule has 7 nitrogen and oxygen atoms in total. The van der Waals surface area contributed by atoms with Crippen LogP contribution in [0.5, 0.6) is 0 Å². The maximum atomic E-state index is 11.9. The molecule has 2 aliphatic rings. The Labute approximate surface area is 104 Å². The van der Waals surface area contributed by atoms with Crippen LogP contribution in [0.3, 0.4) is 0 Å². The van der Waals surface area contributed by atoms with E-state index in [0.29, 0.717) is 18.2 Å². The Morgan fingerprint density at radius 3 is 2.83 bits per heavy atom. The highest BCUT2D eigenvalue weighted by atomic mass is 16.2. The highest BCUT2D eigenvalue weighted by Crippen LogP contribution is 2.36. The molecule has 7 heteroatoms. The third-order valence-electron chi connectivity index (χ3n) is 3.39. The summed E-state index contributed by atoms with van der Waals surface area (Å²) in [5.74, 6) is 0.226. The minimum Gasteiger partial charge on any atom is -0.345 e. The monoisotopic (exact) mass is 249 g/mol. The van der Waals surface area contributed by atoms with Gasteiger partial charge in [-0.3, -0.25) is 14.3 Å². The van der Waals surface area contributed by atoms with E-state index in [4.69, 9.17) is 0 Å². The van der Waals surface area contributed by atoms with E-state index in [0.717, 1.165) is 12.8 Å². The number of carbonyl (C=O) groups excluding carboxylic acids is 2. The molecule has 1 aromatic rings. The fourth-order valence-electron chi connectivity index (χ4n) is 2.37. The van der Waals surface area contributed by atoms with E-state index in [1.54, 1.807) is 22.8 Å². The predicted molar refractivity (Wildman–Crippen MR) is 61.1 cm³/mol. The van der Waals surface area contributed by atoms with Crippen molar-refractivity contribution in [3.05, 3.63) is 11.9 Å². The first-order chi connectivity index (χ1) is 8.65. The Morgan fingerprint density at radius 1 is 1.44 bits per heavy atom. The largest absolute Gasteiger partial charge is 0.345 e. The molecule has 0 aromatic carbocycles. The molecule has 1 saturated carbocycles. The van der Waals surface area contributed by atoms with Crippen LogP contribution in [0, 0.1) is 5.92 Å². The van der Waals surface area contributed by atoms with Gasteiger partial charge in [0.1, 0.15) is 11.7 Å². The molecule has 96 valence electrons. The maximum Gasteiger partial charge on any atom is 0.243 e. The van der Waals surface area contributed by atoms with Gasteiger partial charge in [0.25, 0.3) is 0 Å². The number of piperazine rings is 1. The van der Waals surface area contributed by atoms with E-state index >= 15 is 0 Å². The molecule has 1 atom stereocenters. The van der Waals surface area contributed by atoms with Gasteiger partial charge < -0.3 is 10.2 Å². The standard InChI is InChI=1S/C11H15N5O2/c1-15-5-8(13-14-15)6-16-9(17)4-12-11(18)10(16)7-2-3-7/h5,7,10H,2-4,6H2,1H3,(H,12,18). The molecule has 1 aromatic heterocycles. The van der Waals surface area contributed by atoms with Crippen molar-refractivity contribution in [3.63, 3.8) is 0 Å². The molecule has 0 bridgehead atoms. The Hall–Kier alpha value is -1.92. The van der Waals surface area contributed by atoms with Crippen LogP contribution in [0.25, 0.3) is 0 Å². The Kier molecular flexibility index (Phi) is 2.53. The van der Waals surface area contributed by atoms with Gasteiger partial charge in [0.2, 0.25) is 11.8 Å². The summed E-state index contributed by atoms with van der Waals surface area (Å²) in [7, 11) is 1.78. The number of carbonyl (C=O) groups is 2. The smallest absolute Gasteiger partial charge is 0.243 e. The normalized spacial score (nSPS) is 24.3. The third kappa shape index (κ3) is 1.96. The lowest BCUT2D eigenvalue weighted by atomic mass is 10.1. The van der Waals surface area contributed by atoms with Gasteiger partial charge >= 0.3 is 0 Å². The fraction of sp³-hybridized carbons (Fsp3) is 0.636. The number of nitrogens with zero attached hydrogens (tertiary/aromatic N) is 4. The van der Waals surface area contributed by atoms with E-state index < -0.39 is 0 Å². The van der Waals surface area contributed by atoms with Gasteiger partial charge in [0.05, 0.1) is 13.1 Å². The van der Waals surface area contributed by atoms with Crippen molar-refractivity contribution < 1.29 is 9.59 Å². The molecule has 1 N–H and O–H groups in total. The van der Waals surface area contributed by atoms with Gasteiger partial charge in [-0.05, 0) is 18.8 Å². The molecule has 1 unspecified atom stereocenters. The van der Waals surface area contributed by atoms with E-state index in [1.165, 1.54) is 0 Å². The molecule has 1 aliphatic carbocycles. The van der Waals surface area contributed by atoms with Gasteiger partial charge in [0, 0.05) is 13.2 Å². The van der Waals surface area contributed by atoms with Crippen molar-refractivity contribution in [1.82, 2.24) is 25.2 Å². The molecule has 3 rings (SSSR count). The average Bonchev–Trinajstić information content (AvgIpc) is 3.08. The molecule has 18 heavy (non-hydrogen) atoms. The summed E-state index contributed by atoms with van der Waals surface area (Å²) in [6.45, 7) is 0.448. The van der Waals surface area contributed by atoms with Crippen molar-refractivity contribution in [2.75, 3.05) is 6.54 Å². The van der Waals surface area contributed by atoms with Gasteiger partial charge in [-0.15, -0.1) is 5.10 Å². The predicted octanol–water partition coefficient (Wildman–Crippen LogP) is -0.948. The van der Waals surface area contributed by atoms with Crippen molar-refractivity contribution >= 4 is 11.8 Å². The molecule has 2 amide bonds. The van der Waals surface area contributed by atoms with Crippen LogP contribution in [-0.2, 0) is 23.2 Å². The molecule has 1 saturated heterocycles. The summed E-state index contributed by atoms with van der Waals surface area (Å²) in [6, 6.07) is -0.326. The topological polar surface area (TPSA) is 80.1 Å². The second kappa shape index (κ2) is 4.08. The van der Waals surface area contributed by atoms with E-state index in [9.17, 15) is 9.59 Å². The zero-order valence-electron chi connectivity index (χ0n) is 10.2. The summed E-state index contributed by atoms with van der Waals surface area (Å²) < 4.78 is 1.59. The number of hydrogen-bond donors (Lipinski definition) is 1. The third-order valence-corrected chi connectivity index (χ3v) is 3.39. The van der Waals surface area contributed by atoms with E-state index in [2.05, 4.69) is 15.6 Å². The number of aromatic nitrogens is 3. The lowest BCUT2D eigenvalue weighted by molar-refractivity contribution is -0.147. The average molecular weight is 249 g/mol. The molecule has 2 fully saturated rings. The Bertz CT molecular complexity index is 493. The summed E-state index contributed by atoms with van der Waals surface area (Å²) in [5, 5.41) is 10.5. The second-order valence-corrected chi connectivity index (χ2v) is 4.91. The second-order valence-electron chi connectivity index (χ2n) is 4.91. The number of nitrogens with one attached hydrogen (secondary N) is 1. The van der Waals surface area contributed by atoms with Gasteiger partial charge in [-0.2, -0.15) is 0 Å². The first kappa shape index (κ1) is 11.2. The Balaban J connectivity index is 1.81. The van der Waals surface area contributed by atoms with Crippen molar-refractivity contribution in [1.29, 1.82) is 0 Å². The zero-order chi connectivity index (χ0) is 12.7. The van der Waals surface area contributed by atoms with E-state index in [-0.39, 0.29) is 24.4 Å². The highest BCUT2D eigenvalue weighted by molar-refractivity contribution is 5.95. The zero-order valence-corrected chi connectivity index (χ0v) is 10.2. The summed E-state index contributed by atoms with van der Waals surface area (Å²) >= 11 is 0. The van der Waals surface area contributed by atoms with Crippen LogP contribution in [0.15, 0.2) is 6.20 Å². The van der Waals surface area contributed by atoms with Crippen molar-refractivity contribution in [2.45, 2.75) is 25.4 Å². The Morgan fingerprint density at radius 2 is 2.22 bits per heavy atom. The quantitative estimate of drug-likeness (QED) is 0.749. The van der Waals surface area contributed by atoms with Gasteiger partial charge in [0.15, 0.2) is 0 Å². The summed E-state index contributed by atoms with van der Waals surface area (Å²) in [6.07, 6.45) is 3.80. The summed E-state index contributed by atoms with van der Waals surface area (Å²) in [5.41, 5.74) is 0.714. The van der Waals surface area contributed by atoms with Crippen LogP contribution in [0.2, 0.25) is 0 Å². The van der Waals surface area contributed by atoms with Crippen LogP contribution in [-0.4, -0.2) is 44.3 Å².